The maximum absolute atomic E-state index is 11.9. The topological polar surface area (TPSA) is 87.7 Å². The highest BCUT2D eigenvalue weighted by molar-refractivity contribution is 6.43. The molecular weight excluding hydrogens is 284 g/mol. The van der Waals surface area contributed by atoms with Crippen molar-refractivity contribution in [1.82, 2.24) is 0 Å². The number of carbonyl (C=O) groups excluding carboxylic acids is 2. The van der Waals surface area contributed by atoms with E-state index in [1.54, 1.807) is 12.1 Å². The summed E-state index contributed by atoms with van der Waals surface area (Å²) < 4.78 is 5.14. The van der Waals surface area contributed by atoms with Crippen LogP contribution in [0.3, 0.4) is 0 Å². The lowest BCUT2D eigenvalue weighted by atomic mass is 10.2. The third-order valence-corrected chi connectivity index (χ3v) is 2.93. The van der Waals surface area contributed by atoms with Gasteiger partial charge in [-0.2, -0.15) is 0 Å². The third kappa shape index (κ3) is 3.76. The van der Waals surface area contributed by atoms with Crippen LogP contribution in [0.2, 0.25) is 0 Å². The molecule has 6 heteroatoms. The lowest BCUT2D eigenvalue weighted by Gasteiger charge is -2.11. The summed E-state index contributed by atoms with van der Waals surface area (Å²) in [4.78, 5) is 23.8. The molecule has 0 atom stereocenters. The van der Waals surface area contributed by atoms with Gasteiger partial charge in [0.1, 0.15) is 11.5 Å². The normalized spacial score (nSPS) is 9.91. The average Bonchev–Trinajstić information content (AvgIpc) is 2.49. The van der Waals surface area contributed by atoms with Crippen LogP contribution >= 0.6 is 0 Å². The Balaban J connectivity index is 2.07. The van der Waals surface area contributed by atoms with Crippen LogP contribution in [0.5, 0.6) is 11.5 Å². The number of methoxy groups -OCH3 is 1. The monoisotopic (exact) mass is 300 g/mol. The summed E-state index contributed by atoms with van der Waals surface area (Å²) in [7, 11) is 1.48. The van der Waals surface area contributed by atoms with Crippen LogP contribution < -0.4 is 15.4 Å². The Bertz CT molecular complexity index is 696. The zero-order valence-electron chi connectivity index (χ0n) is 12.2. The number of benzene rings is 2. The molecule has 0 fully saturated rings. The molecule has 2 amide bonds. The first-order valence-electron chi connectivity index (χ1n) is 6.55. The molecule has 3 N–H and O–H groups in total. The smallest absolute Gasteiger partial charge is 0.314 e. The van der Waals surface area contributed by atoms with E-state index in [1.807, 2.05) is 13.0 Å². The predicted octanol–water partition coefficient (Wildman–Crippen LogP) is 2.29. The van der Waals surface area contributed by atoms with E-state index in [0.717, 1.165) is 5.56 Å². The zero-order chi connectivity index (χ0) is 16.1. The van der Waals surface area contributed by atoms with Gasteiger partial charge in [0.25, 0.3) is 0 Å². The van der Waals surface area contributed by atoms with E-state index in [-0.39, 0.29) is 5.75 Å². The summed E-state index contributed by atoms with van der Waals surface area (Å²) in [6.07, 6.45) is 0. The SMILES string of the molecule is COc1ccc(C)cc1NC(=O)C(=O)Nc1ccc(O)cc1. The van der Waals surface area contributed by atoms with Crippen LogP contribution in [0.15, 0.2) is 42.5 Å². The molecule has 0 saturated carbocycles. The number of ether oxygens (including phenoxy) is 1. The molecule has 6 nitrogen and oxygen atoms in total. The molecule has 0 spiro atoms. The van der Waals surface area contributed by atoms with Crippen molar-refractivity contribution in [3.05, 3.63) is 48.0 Å². The summed E-state index contributed by atoms with van der Waals surface area (Å²) in [5, 5.41) is 14.1. The van der Waals surface area contributed by atoms with Gasteiger partial charge in [-0.15, -0.1) is 0 Å². The minimum atomic E-state index is -0.811. The lowest BCUT2D eigenvalue weighted by molar-refractivity contribution is -0.133. The Morgan fingerprint density at radius 2 is 1.64 bits per heavy atom. The van der Waals surface area contributed by atoms with Gasteiger partial charge >= 0.3 is 11.8 Å². The van der Waals surface area contributed by atoms with Gasteiger partial charge in [-0.3, -0.25) is 9.59 Å². The number of aryl methyl sites for hydroxylation is 1. The first kappa shape index (κ1) is 15.4. The number of anilines is 2. The van der Waals surface area contributed by atoms with Crippen molar-refractivity contribution >= 4 is 23.2 Å². The van der Waals surface area contributed by atoms with E-state index < -0.39 is 11.8 Å². The maximum atomic E-state index is 11.9. The molecule has 0 radical (unpaired) electrons. The maximum Gasteiger partial charge on any atom is 0.314 e. The highest BCUT2D eigenvalue weighted by atomic mass is 16.5. The quantitative estimate of drug-likeness (QED) is 0.599. The van der Waals surface area contributed by atoms with Gasteiger partial charge in [-0.1, -0.05) is 6.07 Å². The van der Waals surface area contributed by atoms with Crippen LogP contribution in [-0.2, 0) is 9.59 Å². The number of hydrogen-bond acceptors (Lipinski definition) is 4. The molecular formula is C16H16N2O4. The predicted molar refractivity (Wildman–Crippen MR) is 83.1 cm³/mol. The largest absolute Gasteiger partial charge is 0.508 e. The van der Waals surface area contributed by atoms with Gasteiger partial charge in [0.2, 0.25) is 0 Å². The van der Waals surface area contributed by atoms with E-state index in [4.69, 9.17) is 4.74 Å². The van der Waals surface area contributed by atoms with Gasteiger partial charge in [0, 0.05) is 5.69 Å². The second kappa shape index (κ2) is 6.62. The van der Waals surface area contributed by atoms with Gasteiger partial charge in [0.05, 0.1) is 12.8 Å². The van der Waals surface area contributed by atoms with Crippen LogP contribution in [-0.4, -0.2) is 24.0 Å². The number of aromatic hydroxyl groups is 1. The van der Waals surface area contributed by atoms with E-state index in [1.165, 1.54) is 31.4 Å². The van der Waals surface area contributed by atoms with E-state index in [0.29, 0.717) is 17.1 Å². The Hall–Kier alpha value is -3.02. The molecule has 0 unspecified atom stereocenters. The summed E-state index contributed by atoms with van der Waals surface area (Å²) >= 11 is 0. The van der Waals surface area contributed by atoms with Crippen LogP contribution in [0.1, 0.15) is 5.56 Å². The zero-order valence-corrected chi connectivity index (χ0v) is 12.2. The van der Waals surface area contributed by atoms with Gasteiger partial charge in [0.15, 0.2) is 0 Å². The Kier molecular flexibility index (Phi) is 4.63. The second-order valence-corrected chi connectivity index (χ2v) is 4.66. The molecule has 0 heterocycles. The minimum absolute atomic E-state index is 0.0759. The Labute approximate surface area is 127 Å². The summed E-state index contributed by atoms with van der Waals surface area (Å²) in [6, 6.07) is 11.1. The van der Waals surface area contributed by atoms with Gasteiger partial charge < -0.3 is 20.5 Å². The molecule has 114 valence electrons. The molecule has 0 aliphatic heterocycles. The first-order chi connectivity index (χ1) is 10.5. The molecule has 2 aromatic carbocycles. The number of rotatable bonds is 3. The number of phenolic OH excluding ortho intramolecular Hbond substituents is 1. The number of amides is 2. The first-order valence-corrected chi connectivity index (χ1v) is 6.55. The third-order valence-electron chi connectivity index (χ3n) is 2.93. The molecule has 2 aromatic rings. The standard InChI is InChI=1S/C16H16N2O4/c1-10-3-8-14(22-2)13(9-10)18-16(21)15(20)17-11-4-6-12(19)7-5-11/h3-9,19H,1-2H3,(H,17,20)(H,18,21). The van der Waals surface area contributed by atoms with Gasteiger partial charge in [-0.05, 0) is 48.9 Å². The van der Waals surface area contributed by atoms with Crippen molar-refractivity contribution in [3.63, 3.8) is 0 Å². The number of nitrogens with one attached hydrogen (secondary N) is 2. The van der Waals surface area contributed by atoms with Crippen molar-refractivity contribution in [1.29, 1.82) is 0 Å². The Morgan fingerprint density at radius 1 is 1.00 bits per heavy atom. The molecule has 22 heavy (non-hydrogen) atoms. The van der Waals surface area contributed by atoms with Crippen molar-refractivity contribution in [2.45, 2.75) is 6.92 Å². The highest BCUT2D eigenvalue weighted by Gasteiger charge is 2.16. The van der Waals surface area contributed by atoms with Crippen LogP contribution in [0.25, 0.3) is 0 Å². The summed E-state index contributed by atoms with van der Waals surface area (Å²) in [6.45, 7) is 1.87. The average molecular weight is 300 g/mol. The van der Waals surface area contributed by atoms with Crippen molar-refractivity contribution in [3.8, 4) is 11.5 Å². The van der Waals surface area contributed by atoms with E-state index in [9.17, 15) is 14.7 Å². The number of hydrogen-bond donors (Lipinski definition) is 3. The molecule has 2 rings (SSSR count). The minimum Gasteiger partial charge on any atom is -0.508 e. The summed E-state index contributed by atoms with van der Waals surface area (Å²) in [5.41, 5.74) is 1.76. The summed E-state index contributed by atoms with van der Waals surface area (Å²) in [5.74, 6) is -1.07. The molecule has 0 saturated heterocycles. The fraction of sp³-hybridized carbons (Fsp3) is 0.125. The highest BCUT2D eigenvalue weighted by Crippen LogP contribution is 2.25. The fourth-order valence-corrected chi connectivity index (χ4v) is 1.83. The molecule has 0 aromatic heterocycles. The molecule has 0 aliphatic carbocycles. The van der Waals surface area contributed by atoms with E-state index >= 15 is 0 Å². The molecule has 0 aliphatic rings. The fourth-order valence-electron chi connectivity index (χ4n) is 1.83. The van der Waals surface area contributed by atoms with Gasteiger partial charge in [-0.25, -0.2) is 0 Å². The van der Waals surface area contributed by atoms with E-state index in [2.05, 4.69) is 10.6 Å². The second-order valence-electron chi connectivity index (χ2n) is 4.66. The number of carbonyl (C=O) groups is 2. The van der Waals surface area contributed by atoms with Crippen LogP contribution in [0, 0.1) is 6.92 Å². The van der Waals surface area contributed by atoms with Crippen molar-refractivity contribution in [2.24, 2.45) is 0 Å². The number of phenols is 1. The lowest BCUT2D eigenvalue weighted by Crippen LogP contribution is -2.29. The Morgan fingerprint density at radius 3 is 2.27 bits per heavy atom. The van der Waals surface area contributed by atoms with Crippen molar-refractivity contribution < 1.29 is 19.4 Å². The van der Waals surface area contributed by atoms with Crippen molar-refractivity contribution in [2.75, 3.05) is 17.7 Å². The molecule has 0 bridgehead atoms. The van der Waals surface area contributed by atoms with Crippen LogP contribution in [0.4, 0.5) is 11.4 Å².